The van der Waals surface area contributed by atoms with Gasteiger partial charge < -0.3 is 16.4 Å². The van der Waals surface area contributed by atoms with Crippen molar-refractivity contribution < 1.29 is 4.79 Å². The summed E-state index contributed by atoms with van der Waals surface area (Å²) in [5.74, 6) is 0.588. The summed E-state index contributed by atoms with van der Waals surface area (Å²) in [6.45, 7) is 3.79. The molecule has 0 unspecified atom stereocenters. The predicted octanol–water partition coefficient (Wildman–Crippen LogP) is 3.96. The first kappa shape index (κ1) is 17.8. The lowest BCUT2D eigenvalue weighted by Gasteiger charge is -2.12. The Morgan fingerprint density at radius 3 is 2.46 bits per heavy atom. The third kappa shape index (κ3) is 4.31. The second-order valence-corrected chi connectivity index (χ2v) is 6.42. The lowest BCUT2D eigenvalue weighted by atomic mass is 10.1. The average Bonchev–Trinajstić information content (AvgIpc) is 2.58. The van der Waals surface area contributed by atoms with Gasteiger partial charge in [0.15, 0.2) is 0 Å². The highest BCUT2D eigenvalue weighted by atomic mass is 32.1. The summed E-state index contributed by atoms with van der Waals surface area (Å²) in [5, 5.41) is 6.07. The van der Waals surface area contributed by atoms with Crippen molar-refractivity contribution in [2.75, 3.05) is 16.4 Å². The molecule has 0 aliphatic rings. The van der Waals surface area contributed by atoms with Gasteiger partial charge in [-0.2, -0.15) is 4.98 Å². The minimum absolute atomic E-state index is 0.196. The molecule has 0 saturated carbocycles. The van der Waals surface area contributed by atoms with Crippen molar-refractivity contribution in [2.45, 2.75) is 18.7 Å². The molecule has 4 N–H and O–H groups in total. The Balaban J connectivity index is 1.82. The monoisotopic (exact) mass is 365 g/mol. The number of amides is 1. The molecule has 0 spiro atoms. The van der Waals surface area contributed by atoms with Crippen LogP contribution in [-0.2, 0) is 0 Å². The van der Waals surface area contributed by atoms with E-state index in [2.05, 4.69) is 33.2 Å². The fourth-order valence-electron chi connectivity index (χ4n) is 2.44. The van der Waals surface area contributed by atoms with E-state index in [1.54, 1.807) is 30.3 Å². The van der Waals surface area contributed by atoms with Gasteiger partial charge in [0, 0.05) is 33.6 Å². The van der Waals surface area contributed by atoms with Crippen molar-refractivity contribution in [3.8, 4) is 0 Å². The molecule has 0 aliphatic heterocycles. The molecule has 1 heterocycles. The van der Waals surface area contributed by atoms with E-state index in [-0.39, 0.29) is 11.9 Å². The molecule has 26 heavy (non-hydrogen) atoms. The number of aromatic nitrogens is 2. The van der Waals surface area contributed by atoms with Gasteiger partial charge in [-0.15, -0.1) is 12.6 Å². The SMILES string of the molecule is Cc1cc(Nc2cc(C(=O)Nc3ccc(S)cc3)ccc2C)nc(N)n1. The number of nitrogen functional groups attached to an aromatic ring is 1. The molecule has 0 atom stereocenters. The first-order valence-electron chi connectivity index (χ1n) is 8.00. The number of carbonyl (C=O) groups is 1. The van der Waals surface area contributed by atoms with Gasteiger partial charge in [0.2, 0.25) is 5.95 Å². The number of nitrogens with zero attached hydrogens (tertiary/aromatic N) is 2. The van der Waals surface area contributed by atoms with Gasteiger partial charge in [-0.05, 0) is 55.8 Å². The van der Waals surface area contributed by atoms with E-state index >= 15 is 0 Å². The molecule has 7 heteroatoms. The molecule has 6 nitrogen and oxygen atoms in total. The van der Waals surface area contributed by atoms with Crippen LogP contribution in [0.4, 0.5) is 23.1 Å². The maximum atomic E-state index is 12.5. The molecule has 3 rings (SSSR count). The first-order chi connectivity index (χ1) is 12.4. The quantitative estimate of drug-likeness (QED) is 0.525. The highest BCUT2D eigenvalue weighted by Gasteiger charge is 2.10. The molecule has 0 fully saturated rings. The highest BCUT2D eigenvalue weighted by molar-refractivity contribution is 7.80. The standard InChI is InChI=1S/C19H19N5OS/c1-11-3-4-13(18(25)22-14-5-7-15(26)8-6-14)10-16(11)23-17-9-12(2)21-19(20)24-17/h3-10,26H,1-2H3,(H,22,25)(H3,20,21,23,24). The molecule has 1 aromatic heterocycles. The number of rotatable bonds is 4. The molecule has 1 amide bonds. The molecule has 132 valence electrons. The Bertz CT molecular complexity index is 936. The molecule has 3 aromatic rings. The van der Waals surface area contributed by atoms with Crippen LogP contribution in [0.3, 0.4) is 0 Å². The molecule has 0 saturated heterocycles. The number of nitrogens with two attached hydrogens (primary N) is 1. The average molecular weight is 365 g/mol. The van der Waals surface area contributed by atoms with Gasteiger partial charge in [0.25, 0.3) is 5.91 Å². The van der Waals surface area contributed by atoms with Gasteiger partial charge in [0.1, 0.15) is 5.82 Å². The third-order valence-corrected chi connectivity index (χ3v) is 4.06. The van der Waals surface area contributed by atoms with E-state index in [0.717, 1.165) is 21.8 Å². The minimum Gasteiger partial charge on any atom is -0.368 e. The summed E-state index contributed by atoms with van der Waals surface area (Å²) in [4.78, 5) is 21.6. The lowest BCUT2D eigenvalue weighted by molar-refractivity contribution is 0.102. The Morgan fingerprint density at radius 1 is 1.04 bits per heavy atom. The Kier molecular flexibility index (Phi) is 5.09. The van der Waals surface area contributed by atoms with E-state index in [4.69, 9.17) is 5.73 Å². The van der Waals surface area contributed by atoms with Crippen LogP contribution in [0.5, 0.6) is 0 Å². The molecule has 0 aliphatic carbocycles. The van der Waals surface area contributed by atoms with Crippen LogP contribution in [0.1, 0.15) is 21.6 Å². The lowest BCUT2D eigenvalue weighted by Crippen LogP contribution is -2.12. The van der Waals surface area contributed by atoms with Gasteiger partial charge in [-0.25, -0.2) is 4.98 Å². The predicted molar refractivity (Wildman–Crippen MR) is 107 cm³/mol. The van der Waals surface area contributed by atoms with Crippen molar-refractivity contribution in [3.63, 3.8) is 0 Å². The summed E-state index contributed by atoms with van der Waals surface area (Å²) >= 11 is 4.24. The topological polar surface area (TPSA) is 92.9 Å². The Hall–Kier alpha value is -3.06. The number of carbonyl (C=O) groups excluding carboxylic acids is 1. The summed E-state index contributed by atoms with van der Waals surface area (Å²) in [6, 6.07) is 14.5. The molecule has 2 aromatic carbocycles. The van der Waals surface area contributed by atoms with Crippen molar-refractivity contribution in [2.24, 2.45) is 0 Å². The zero-order valence-corrected chi connectivity index (χ0v) is 15.3. The summed E-state index contributed by atoms with van der Waals surface area (Å²) in [7, 11) is 0. The van der Waals surface area contributed by atoms with Gasteiger partial charge >= 0.3 is 0 Å². The zero-order chi connectivity index (χ0) is 18.7. The van der Waals surface area contributed by atoms with Crippen molar-refractivity contribution in [3.05, 3.63) is 65.4 Å². The van der Waals surface area contributed by atoms with Crippen molar-refractivity contribution >= 4 is 41.7 Å². The number of nitrogens with one attached hydrogen (secondary N) is 2. The Morgan fingerprint density at radius 2 is 1.77 bits per heavy atom. The van der Waals surface area contributed by atoms with Crippen molar-refractivity contribution in [1.29, 1.82) is 0 Å². The maximum Gasteiger partial charge on any atom is 0.255 e. The van der Waals surface area contributed by atoms with Gasteiger partial charge in [-0.1, -0.05) is 6.07 Å². The van der Waals surface area contributed by atoms with Crippen LogP contribution in [0.15, 0.2) is 53.4 Å². The van der Waals surface area contributed by atoms with Crippen LogP contribution in [-0.4, -0.2) is 15.9 Å². The Labute approximate surface area is 157 Å². The molecule has 0 bridgehead atoms. The van der Waals surface area contributed by atoms with E-state index in [0.29, 0.717) is 17.1 Å². The van der Waals surface area contributed by atoms with E-state index in [1.807, 2.05) is 32.0 Å². The summed E-state index contributed by atoms with van der Waals surface area (Å²) in [6.07, 6.45) is 0. The first-order valence-corrected chi connectivity index (χ1v) is 8.44. The van der Waals surface area contributed by atoms with E-state index < -0.39 is 0 Å². The summed E-state index contributed by atoms with van der Waals surface area (Å²) < 4.78 is 0. The van der Waals surface area contributed by atoms with Crippen LogP contribution < -0.4 is 16.4 Å². The number of hydrogen-bond acceptors (Lipinski definition) is 6. The fourth-order valence-corrected chi connectivity index (χ4v) is 2.59. The smallest absolute Gasteiger partial charge is 0.255 e. The number of thiol groups is 1. The van der Waals surface area contributed by atoms with Crippen LogP contribution >= 0.6 is 12.6 Å². The fraction of sp³-hybridized carbons (Fsp3) is 0.105. The molecular weight excluding hydrogens is 346 g/mol. The minimum atomic E-state index is -0.196. The number of hydrogen-bond donors (Lipinski definition) is 4. The zero-order valence-electron chi connectivity index (χ0n) is 14.4. The van der Waals surface area contributed by atoms with Crippen LogP contribution in [0.25, 0.3) is 0 Å². The van der Waals surface area contributed by atoms with Crippen LogP contribution in [0.2, 0.25) is 0 Å². The normalized spacial score (nSPS) is 10.4. The number of benzene rings is 2. The molecule has 0 radical (unpaired) electrons. The van der Waals surface area contributed by atoms with Gasteiger partial charge in [-0.3, -0.25) is 4.79 Å². The third-order valence-electron chi connectivity index (χ3n) is 3.76. The second kappa shape index (κ2) is 7.45. The van der Waals surface area contributed by atoms with Gasteiger partial charge in [0.05, 0.1) is 0 Å². The summed E-state index contributed by atoms with van der Waals surface area (Å²) in [5.41, 5.74) is 9.46. The van der Waals surface area contributed by atoms with Crippen molar-refractivity contribution in [1.82, 2.24) is 9.97 Å². The second-order valence-electron chi connectivity index (χ2n) is 5.91. The maximum absolute atomic E-state index is 12.5. The van der Waals surface area contributed by atoms with E-state index in [1.165, 1.54) is 0 Å². The molecular formula is C19H19N5OS. The highest BCUT2D eigenvalue weighted by Crippen LogP contribution is 2.22. The van der Waals surface area contributed by atoms with E-state index in [9.17, 15) is 4.79 Å². The largest absolute Gasteiger partial charge is 0.368 e. The number of anilines is 4. The van der Waals surface area contributed by atoms with Crippen LogP contribution in [0, 0.1) is 13.8 Å². The number of aryl methyl sites for hydroxylation is 2.